The minimum absolute atomic E-state index is 0.0400. The number of nitrogens with one attached hydrogen (secondary N) is 1. The minimum atomic E-state index is -0.437. The molecule has 1 heterocycles. The number of nitrogens with two attached hydrogens (primary N) is 1. The first kappa shape index (κ1) is 13.7. The average molecular weight is 270 g/mol. The van der Waals surface area contributed by atoms with E-state index >= 15 is 0 Å². The number of hydrogen-bond acceptors (Lipinski definition) is 3. The molecule has 2 atom stereocenters. The molecule has 1 saturated carbocycles. The lowest BCUT2D eigenvalue weighted by Gasteiger charge is -2.31. The summed E-state index contributed by atoms with van der Waals surface area (Å²) in [5.74, 6) is 0.0240. The second-order valence-corrected chi connectivity index (χ2v) is 5.80. The Balaban J connectivity index is 2.03. The van der Waals surface area contributed by atoms with E-state index in [4.69, 9.17) is 22.7 Å². The Morgan fingerprint density at radius 3 is 2.72 bits per heavy atom. The summed E-state index contributed by atoms with van der Waals surface area (Å²) in [5.41, 5.74) is 5.40. The van der Waals surface area contributed by atoms with E-state index < -0.39 is 5.54 Å². The van der Waals surface area contributed by atoms with E-state index in [2.05, 4.69) is 12.2 Å². The lowest BCUT2D eigenvalue weighted by atomic mass is 9.93. The second-order valence-electron chi connectivity index (χ2n) is 5.36. The zero-order valence-corrected chi connectivity index (χ0v) is 11.7. The first-order chi connectivity index (χ1) is 8.59. The lowest BCUT2D eigenvalue weighted by Crippen LogP contribution is -2.56. The lowest BCUT2D eigenvalue weighted by molar-refractivity contribution is -0.127. The molecule has 0 spiro atoms. The molecule has 1 amide bonds. The van der Waals surface area contributed by atoms with Crippen LogP contribution < -0.4 is 11.1 Å². The zero-order chi connectivity index (χ0) is 13.2. The smallest absolute Gasteiger partial charge is 0.226 e. The van der Waals surface area contributed by atoms with E-state index in [1.165, 1.54) is 0 Å². The molecule has 1 aliphatic heterocycles. The Kier molecular flexibility index (Phi) is 4.22. The highest BCUT2D eigenvalue weighted by Crippen LogP contribution is 2.32. The standard InChI is InChI=1S/C13H22N2O2S/c1-2-10-9(5-8-17-10)11(16)15-13(12(14)18)6-3-4-7-13/h9-10H,2-8H2,1H3,(H2,14,18)(H,15,16). The molecule has 1 saturated heterocycles. The molecule has 0 aromatic rings. The number of thiocarbonyl (C=S) groups is 1. The van der Waals surface area contributed by atoms with Crippen molar-refractivity contribution in [2.45, 2.75) is 57.1 Å². The third kappa shape index (κ3) is 2.52. The maximum atomic E-state index is 12.4. The van der Waals surface area contributed by atoms with Gasteiger partial charge >= 0.3 is 0 Å². The molecule has 2 rings (SSSR count). The van der Waals surface area contributed by atoms with Crippen LogP contribution in [-0.2, 0) is 9.53 Å². The number of carbonyl (C=O) groups excluding carboxylic acids is 1. The summed E-state index contributed by atoms with van der Waals surface area (Å²) in [6.07, 6.45) is 5.63. The molecule has 102 valence electrons. The van der Waals surface area contributed by atoms with Crippen LogP contribution in [-0.4, -0.2) is 29.1 Å². The van der Waals surface area contributed by atoms with Gasteiger partial charge in [-0.2, -0.15) is 0 Å². The normalized spacial score (nSPS) is 30.3. The van der Waals surface area contributed by atoms with Gasteiger partial charge in [0.05, 0.1) is 22.5 Å². The fourth-order valence-corrected chi connectivity index (χ4v) is 3.35. The van der Waals surface area contributed by atoms with Crippen LogP contribution in [0.1, 0.15) is 45.4 Å². The Morgan fingerprint density at radius 2 is 2.17 bits per heavy atom. The highest BCUT2D eigenvalue weighted by molar-refractivity contribution is 7.80. The van der Waals surface area contributed by atoms with Crippen LogP contribution in [0.5, 0.6) is 0 Å². The summed E-state index contributed by atoms with van der Waals surface area (Å²) >= 11 is 5.15. The van der Waals surface area contributed by atoms with E-state index in [0.29, 0.717) is 11.6 Å². The average Bonchev–Trinajstić information content (AvgIpc) is 2.97. The summed E-state index contributed by atoms with van der Waals surface area (Å²) in [5, 5.41) is 3.11. The Bertz CT molecular complexity index is 340. The maximum Gasteiger partial charge on any atom is 0.226 e. The Labute approximate surface area is 114 Å². The summed E-state index contributed by atoms with van der Waals surface area (Å²) < 4.78 is 5.57. The second kappa shape index (κ2) is 5.53. The molecule has 0 aromatic carbocycles. The number of ether oxygens (including phenoxy) is 1. The van der Waals surface area contributed by atoms with Gasteiger partial charge in [0.15, 0.2) is 0 Å². The summed E-state index contributed by atoms with van der Waals surface area (Å²) in [6, 6.07) is 0. The van der Waals surface area contributed by atoms with Crippen molar-refractivity contribution in [3.63, 3.8) is 0 Å². The van der Waals surface area contributed by atoms with Gasteiger partial charge in [0.1, 0.15) is 0 Å². The predicted octanol–water partition coefficient (Wildman–Crippen LogP) is 1.52. The number of carbonyl (C=O) groups is 1. The van der Waals surface area contributed by atoms with Crippen LogP contribution in [0.15, 0.2) is 0 Å². The first-order valence-electron chi connectivity index (χ1n) is 6.82. The molecule has 3 N–H and O–H groups in total. The van der Waals surface area contributed by atoms with Crippen molar-refractivity contribution in [1.82, 2.24) is 5.32 Å². The van der Waals surface area contributed by atoms with Crippen LogP contribution in [0.2, 0.25) is 0 Å². The molecule has 4 nitrogen and oxygen atoms in total. The molecule has 18 heavy (non-hydrogen) atoms. The maximum absolute atomic E-state index is 12.4. The van der Waals surface area contributed by atoms with Gasteiger partial charge in [0, 0.05) is 6.61 Å². The van der Waals surface area contributed by atoms with E-state index in [0.717, 1.165) is 38.5 Å². The van der Waals surface area contributed by atoms with Gasteiger partial charge in [-0.3, -0.25) is 4.79 Å². The molecular weight excluding hydrogens is 248 g/mol. The third-order valence-corrected chi connectivity index (χ3v) is 4.63. The fourth-order valence-electron chi connectivity index (χ4n) is 3.09. The molecule has 0 bridgehead atoms. The van der Waals surface area contributed by atoms with Crippen molar-refractivity contribution in [3.8, 4) is 0 Å². The molecular formula is C13H22N2O2S. The van der Waals surface area contributed by atoms with Crippen LogP contribution in [0, 0.1) is 5.92 Å². The zero-order valence-electron chi connectivity index (χ0n) is 10.9. The topological polar surface area (TPSA) is 64.3 Å². The van der Waals surface area contributed by atoms with Gasteiger partial charge < -0.3 is 15.8 Å². The number of rotatable bonds is 4. The van der Waals surface area contributed by atoms with E-state index in [1.807, 2.05) is 0 Å². The van der Waals surface area contributed by atoms with Crippen molar-refractivity contribution in [1.29, 1.82) is 0 Å². The first-order valence-corrected chi connectivity index (χ1v) is 7.23. The fraction of sp³-hybridized carbons (Fsp3) is 0.846. The molecule has 2 aliphatic rings. The van der Waals surface area contributed by atoms with E-state index in [1.54, 1.807) is 0 Å². The van der Waals surface area contributed by atoms with Crippen molar-refractivity contribution in [3.05, 3.63) is 0 Å². The van der Waals surface area contributed by atoms with Crippen molar-refractivity contribution in [2.24, 2.45) is 11.7 Å². The van der Waals surface area contributed by atoms with Gasteiger partial charge in [-0.05, 0) is 25.7 Å². The largest absolute Gasteiger partial charge is 0.391 e. The quantitative estimate of drug-likeness (QED) is 0.760. The van der Waals surface area contributed by atoms with E-state index in [9.17, 15) is 4.79 Å². The molecule has 2 unspecified atom stereocenters. The van der Waals surface area contributed by atoms with Crippen molar-refractivity contribution < 1.29 is 9.53 Å². The highest BCUT2D eigenvalue weighted by Gasteiger charge is 2.41. The Morgan fingerprint density at radius 1 is 1.50 bits per heavy atom. The molecule has 0 radical (unpaired) electrons. The van der Waals surface area contributed by atoms with Crippen LogP contribution >= 0.6 is 12.2 Å². The molecule has 2 fully saturated rings. The Hall–Kier alpha value is -0.680. The van der Waals surface area contributed by atoms with Crippen molar-refractivity contribution in [2.75, 3.05) is 6.61 Å². The molecule has 0 aromatic heterocycles. The van der Waals surface area contributed by atoms with Crippen LogP contribution in [0.25, 0.3) is 0 Å². The minimum Gasteiger partial charge on any atom is -0.391 e. The van der Waals surface area contributed by atoms with Gasteiger partial charge in [0.2, 0.25) is 5.91 Å². The van der Waals surface area contributed by atoms with Gasteiger partial charge in [0.25, 0.3) is 0 Å². The third-order valence-electron chi connectivity index (χ3n) is 4.24. The van der Waals surface area contributed by atoms with Gasteiger partial charge in [-0.15, -0.1) is 0 Å². The molecule has 1 aliphatic carbocycles. The number of amides is 1. The van der Waals surface area contributed by atoms with Gasteiger partial charge in [-0.25, -0.2) is 0 Å². The predicted molar refractivity (Wildman–Crippen MR) is 74.3 cm³/mol. The summed E-state index contributed by atoms with van der Waals surface area (Å²) in [4.78, 5) is 12.8. The SMILES string of the molecule is CCC1OCCC1C(=O)NC1(C(N)=S)CCCC1. The van der Waals surface area contributed by atoms with Gasteiger partial charge in [-0.1, -0.05) is 32.0 Å². The summed E-state index contributed by atoms with van der Waals surface area (Å²) in [7, 11) is 0. The number of hydrogen-bond donors (Lipinski definition) is 2. The van der Waals surface area contributed by atoms with Crippen LogP contribution in [0.3, 0.4) is 0 Å². The monoisotopic (exact) mass is 270 g/mol. The van der Waals surface area contributed by atoms with Crippen LogP contribution in [0.4, 0.5) is 0 Å². The molecule has 5 heteroatoms. The van der Waals surface area contributed by atoms with E-state index in [-0.39, 0.29) is 17.9 Å². The summed E-state index contributed by atoms with van der Waals surface area (Å²) in [6.45, 7) is 2.73. The van der Waals surface area contributed by atoms with Crippen molar-refractivity contribution >= 4 is 23.1 Å². The highest BCUT2D eigenvalue weighted by atomic mass is 32.1.